The molecule has 29 heavy (non-hydrogen) atoms. The van der Waals surface area contributed by atoms with Gasteiger partial charge in [-0.1, -0.05) is 71.8 Å². The molecule has 0 bridgehead atoms. The average Bonchev–Trinajstić information content (AvgIpc) is 2.74. The summed E-state index contributed by atoms with van der Waals surface area (Å²) in [5.74, 6) is -0.439. The van der Waals surface area contributed by atoms with E-state index < -0.39 is 5.97 Å². The third-order valence-corrected chi connectivity index (χ3v) is 5.00. The molecule has 0 aliphatic carbocycles. The molecule has 0 aliphatic heterocycles. The van der Waals surface area contributed by atoms with Crippen molar-refractivity contribution in [1.82, 2.24) is 5.32 Å². The Morgan fingerprint density at radius 2 is 1.66 bits per heavy atom. The summed E-state index contributed by atoms with van der Waals surface area (Å²) in [6.07, 6.45) is 0. The highest BCUT2D eigenvalue weighted by molar-refractivity contribution is 7.80. The Hall–Kier alpha value is -2.89. The first-order valence-corrected chi connectivity index (χ1v) is 9.83. The van der Waals surface area contributed by atoms with E-state index in [0.717, 1.165) is 11.1 Å². The number of methoxy groups -OCH3 is 1. The van der Waals surface area contributed by atoms with Gasteiger partial charge in [-0.15, -0.1) is 0 Å². The Balaban J connectivity index is 1.84. The molecule has 2 N–H and O–H groups in total. The molecule has 0 fully saturated rings. The number of rotatable bonds is 5. The number of nitrogens with one attached hydrogen (secondary N) is 2. The Morgan fingerprint density at radius 1 is 1.00 bits per heavy atom. The van der Waals surface area contributed by atoms with Crippen LogP contribution < -0.4 is 10.6 Å². The van der Waals surface area contributed by atoms with Crippen molar-refractivity contribution >= 4 is 40.6 Å². The summed E-state index contributed by atoms with van der Waals surface area (Å²) in [6, 6.07) is 23.1. The average molecular weight is 425 g/mol. The summed E-state index contributed by atoms with van der Waals surface area (Å²) in [5.41, 5.74) is 4.27. The van der Waals surface area contributed by atoms with Gasteiger partial charge < -0.3 is 15.4 Å². The second kappa shape index (κ2) is 9.54. The first-order chi connectivity index (χ1) is 14.0. The number of halogens is 1. The number of ether oxygens (including phenoxy) is 1. The minimum atomic E-state index is -0.439. The zero-order valence-electron chi connectivity index (χ0n) is 16.1. The highest BCUT2D eigenvalue weighted by Gasteiger charge is 2.16. The lowest BCUT2D eigenvalue weighted by Crippen LogP contribution is -2.33. The van der Waals surface area contributed by atoms with Crippen LogP contribution in [0.5, 0.6) is 0 Å². The maximum Gasteiger partial charge on any atom is 0.337 e. The summed E-state index contributed by atoms with van der Waals surface area (Å²) in [6.45, 7) is 2.05. The molecule has 0 radical (unpaired) electrons. The van der Waals surface area contributed by atoms with Gasteiger partial charge in [0.15, 0.2) is 5.11 Å². The van der Waals surface area contributed by atoms with Gasteiger partial charge >= 0.3 is 5.97 Å². The molecule has 4 nitrogen and oxygen atoms in total. The van der Waals surface area contributed by atoms with Crippen LogP contribution in [0.4, 0.5) is 5.69 Å². The van der Waals surface area contributed by atoms with Crippen molar-refractivity contribution in [3.8, 4) is 0 Å². The molecule has 3 aromatic carbocycles. The second-order valence-corrected chi connectivity index (χ2v) is 7.35. The van der Waals surface area contributed by atoms with Gasteiger partial charge in [0.25, 0.3) is 0 Å². The Kier molecular flexibility index (Phi) is 6.86. The zero-order valence-corrected chi connectivity index (χ0v) is 17.7. The molecular formula is C23H21ClN2O2S. The number of carbonyl (C=O) groups excluding carboxylic acids is 1. The van der Waals surface area contributed by atoms with Crippen molar-refractivity contribution in [1.29, 1.82) is 0 Å². The molecule has 0 saturated carbocycles. The van der Waals surface area contributed by atoms with E-state index in [2.05, 4.69) is 41.8 Å². The van der Waals surface area contributed by atoms with Crippen LogP contribution in [0.25, 0.3) is 0 Å². The molecule has 1 atom stereocenters. The topological polar surface area (TPSA) is 50.4 Å². The first kappa shape index (κ1) is 20.8. The van der Waals surface area contributed by atoms with Gasteiger partial charge in [-0.25, -0.2) is 4.79 Å². The van der Waals surface area contributed by atoms with Crippen LogP contribution in [-0.4, -0.2) is 18.2 Å². The molecule has 3 rings (SSSR count). The number of benzene rings is 3. The summed E-state index contributed by atoms with van der Waals surface area (Å²) in [5, 5.41) is 7.29. The van der Waals surface area contributed by atoms with Gasteiger partial charge in [0.2, 0.25) is 0 Å². The molecule has 0 unspecified atom stereocenters. The molecule has 0 spiro atoms. The van der Waals surface area contributed by atoms with E-state index in [-0.39, 0.29) is 6.04 Å². The van der Waals surface area contributed by atoms with Gasteiger partial charge in [-0.3, -0.25) is 0 Å². The Labute approximate surface area is 180 Å². The summed E-state index contributed by atoms with van der Waals surface area (Å²) in [7, 11) is 1.34. The quantitative estimate of drug-likeness (QED) is 0.417. The summed E-state index contributed by atoms with van der Waals surface area (Å²) < 4.78 is 4.77. The maximum absolute atomic E-state index is 11.8. The zero-order chi connectivity index (χ0) is 20.8. The SMILES string of the molecule is COC(=O)c1ccc(Cl)c(NC(=S)N[C@@H](c2ccccc2)c2ccc(C)cc2)c1. The molecule has 0 aromatic heterocycles. The van der Waals surface area contributed by atoms with E-state index >= 15 is 0 Å². The highest BCUT2D eigenvalue weighted by atomic mass is 35.5. The van der Waals surface area contributed by atoms with Crippen LogP contribution in [0.2, 0.25) is 5.02 Å². The summed E-state index contributed by atoms with van der Waals surface area (Å²) in [4.78, 5) is 11.8. The van der Waals surface area contributed by atoms with E-state index in [4.69, 9.17) is 28.6 Å². The Bertz CT molecular complexity index is 1010. The van der Waals surface area contributed by atoms with E-state index in [0.29, 0.717) is 21.4 Å². The van der Waals surface area contributed by atoms with Crippen LogP contribution in [-0.2, 0) is 4.74 Å². The smallest absolute Gasteiger partial charge is 0.337 e. The van der Waals surface area contributed by atoms with E-state index in [9.17, 15) is 4.79 Å². The number of esters is 1. The van der Waals surface area contributed by atoms with Crippen LogP contribution in [0.3, 0.4) is 0 Å². The molecule has 0 saturated heterocycles. The molecule has 3 aromatic rings. The number of hydrogen-bond donors (Lipinski definition) is 2. The number of thiocarbonyl (C=S) groups is 1. The fraction of sp³-hybridized carbons (Fsp3) is 0.130. The van der Waals surface area contributed by atoms with Gasteiger partial charge in [0.1, 0.15) is 0 Å². The number of carbonyl (C=O) groups is 1. The molecule has 0 amide bonds. The maximum atomic E-state index is 11.8. The molecule has 0 aliphatic rings. The van der Waals surface area contributed by atoms with Crippen molar-refractivity contribution in [2.75, 3.05) is 12.4 Å². The highest BCUT2D eigenvalue weighted by Crippen LogP contribution is 2.25. The minimum absolute atomic E-state index is 0.139. The van der Waals surface area contributed by atoms with Crippen LogP contribution >= 0.6 is 23.8 Å². The van der Waals surface area contributed by atoms with Gasteiger partial charge in [-0.2, -0.15) is 0 Å². The Morgan fingerprint density at radius 3 is 2.31 bits per heavy atom. The third kappa shape index (κ3) is 5.34. The molecule has 0 heterocycles. The van der Waals surface area contributed by atoms with Crippen LogP contribution in [0.1, 0.15) is 33.1 Å². The van der Waals surface area contributed by atoms with Gasteiger partial charge in [0.05, 0.1) is 29.4 Å². The minimum Gasteiger partial charge on any atom is -0.465 e. The molecular weight excluding hydrogens is 404 g/mol. The lowest BCUT2D eigenvalue weighted by molar-refractivity contribution is 0.0601. The number of anilines is 1. The third-order valence-electron chi connectivity index (χ3n) is 4.45. The second-order valence-electron chi connectivity index (χ2n) is 6.54. The van der Waals surface area contributed by atoms with Gasteiger partial charge in [-0.05, 0) is 48.5 Å². The van der Waals surface area contributed by atoms with E-state index in [1.807, 2.05) is 30.3 Å². The standard InChI is InChI=1S/C23H21ClN2O2S/c1-15-8-10-17(11-9-15)21(16-6-4-3-5-7-16)26-23(29)25-20-14-18(22(27)28-2)12-13-19(20)24/h3-14,21H,1-2H3,(H2,25,26,29)/t21-/m0/s1. The fourth-order valence-electron chi connectivity index (χ4n) is 2.92. The van der Waals surface area contributed by atoms with Crippen molar-refractivity contribution < 1.29 is 9.53 Å². The first-order valence-electron chi connectivity index (χ1n) is 9.05. The molecule has 148 valence electrons. The van der Waals surface area contributed by atoms with Crippen molar-refractivity contribution in [2.45, 2.75) is 13.0 Å². The number of aryl methyl sites for hydroxylation is 1. The van der Waals surface area contributed by atoms with E-state index in [1.54, 1.807) is 18.2 Å². The largest absolute Gasteiger partial charge is 0.465 e. The fourth-order valence-corrected chi connectivity index (χ4v) is 3.31. The van der Waals surface area contributed by atoms with E-state index in [1.165, 1.54) is 12.7 Å². The van der Waals surface area contributed by atoms with Gasteiger partial charge in [0, 0.05) is 0 Å². The van der Waals surface area contributed by atoms with Crippen molar-refractivity contribution in [3.63, 3.8) is 0 Å². The summed E-state index contributed by atoms with van der Waals surface area (Å²) >= 11 is 11.8. The normalized spacial score (nSPS) is 11.4. The predicted octanol–water partition coefficient (Wildman–Crippen LogP) is 5.51. The predicted molar refractivity (Wildman–Crippen MR) is 122 cm³/mol. The monoisotopic (exact) mass is 424 g/mol. The lowest BCUT2D eigenvalue weighted by atomic mass is 9.98. The van der Waals surface area contributed by atoms with Crippen LogP contribution in [0.15, 0.2) is 72.8 Å². The molecule has 6 heteroatoms. The number of hydrogen-bond acceptors (Lipinski definition) is 3. The van der Waals surface area contributed by atoms with Crippen molar-refractivity contribution in [2.24, 2.45) is 0 Å². The van der Waals surface area contributed by atoms with Crippen LogP contribution in [0, 0.1) is 6.92 Å². The van der Waals surface area contributed by atoms with Crippen molar-refractivity contribution in [3.05, 3.63) is 100 Å². The lowest BCUT2D eigenvalue weighted by Gasteiger charge is -2.22.